The van der Waals surface area contributed by atoms with Crippen molar-refractivity contribution in [2.45, 2.75) is 12.6 Å². The predicted molar refractivity (Wildman–Crippen MR) is 74.4 cm³/mol. The van der Waals surface area contributed by atoms with E-state index in [1.54, 1.807) is 6.20 Å². The van der Waals surface area contributed by atoms with Crippen molar-refractivity contribution in [3.63, 3.8) is 0 Å². The SMILES string of the molecule is Brc1cncc(NC2COCc3ccccc32)c1. The molecule has 3 rings (SSSR count). The van der Waals surface area contributed by atoms with Crippen LogP contribution < -0.4 is 5.32 Å². The number of anilines is 1. The number of fused-ring (bicyclic) bond motifs is 1. The van der Waals surface area contributed by atoms with Gasteiger partial charge < -0.3 is 10.1 Å². The highest BCUT2D eigenvalue weighted by atomic mass is 79.9. The smallest absolute Gasteiger partial charge is 0.0751 e. The summed E-state index contributed by atoms with van der Waals surface area (Å²) < 4.78 is 6.59. The molecule has 92 valence electrons. The van der Waals surface area contributed by atoms with Crippen molar-refractivity contribution < 1.29 is 4.74 Å². The highest BCUT2D eigenvalue weighted by molar-refractivity contribution is 9.10. The van der Waals surface area contributed by atoms with Crippen molar-refractivity contribution in [2.75, 3.05) is 11.9 Å². The van der Waals surface area contributed by atoms with Crippen LogP contribution in [-0.4, -0.2) is 11.6 Å². The fourth-order valence-electron chi connectivity index (χ4n) is 2.19. The maximum Gasteiger partial charge on any atom is 0.0751 e. The number of hydrogen-bond acceptors (Lipinski definition) is 3. The van der Waals surface area contributed by atoms with Crippen molar-refractivity contribution >= 4 is 21.6 Å². The van der Waals surface area contributed by atoms with E-state index in [-0.39, 0.29) is 6.04 Å². The monoisotopic (exact) mass is 304 g/mol. The molecule has 1 unspecified atom stereocenters. The van der Waals surface area contributed by atoms with Crippen LogP contribution in [-0.2, 0) is 11.3 Å². The van der Waals surface area contributed by atoms with E-state index in [0.29, 0.717) is 13.2 Å². The molecule has 1 aliphatic rings. The molecule has 18 heavy (non-hydrogen) atoms. The van der Waals surface area contributed by atoms with Gasteiger partial charge in [0.1, 0.15) is 0 Å². The third-order valence-electron chi connectivity index (χ3n) is 3.02. The van der Waals surface area contributed by atoms with Crippen molar-refractivity contribution in [3.05, 3.63) is 58.3 Å². The lowest BCUT2D eigenvalue weighted by Gasteiger charge is -2.27. The molecule has 1 aromatic heterocycles. The molecule has 2 aromatic rings. The first kappa shape index (κ1) is 11.7. The summed E-state index contributed by atoms with van der Waals surface area (Å²) in [7, 11) is 0. The number of nitrogens with one attached hydrogen (secondary N) is 1. The molecule has 0 saturated heterocycles. The molecule has 3 nitrogen and oxygen atoms in total. The van der Waals surface area contributed by atoms with E-state index in [9.17, 15) is 0 Å². The Morgan fingerprint density at radius 1 is 1.28 bits per heavy atom. The minimum atomic E-state index is 0.186. The van der Waals surface area contributed by atoms with E-state index in [4.69, 9.17) is 4.74 Å². The molecular weight excluding hydrogens is 292 g/mol. The summed E-state index contributed by atoms with van der Waals surface area (Å²) in [6.07, 6.45) is 3.60. The van der Waals surface area contributed by atoms with Crippen LogP contribution in [0, 0.1) is 0 Å². The van der Waals surface area contributed by atoms with Crippen LogP contribution in [0.15, 0.2) is 47.2 Å². The maximum absolute atomic E-state index is 5.62. The van der Waals surface area contributed by atoms with E-state index in [1.165, 1.54) is 11.1 Å². The van der Waals surface area contributed by atoms with Gasteiger partial charge in [-0.3, -0.25) is 4.98 Å². The van der Waals surface area contributed by atoms with E-state index in [1.807, 2.05) is 18.3 Å². The van der Waals surface area contributed by atoms with Gasteiger partial charge in [-0.1, -0.05) is 24.3 Å². The molecule has 0 aliphatic carbocycles. The number of rotatable bonds is 2. The summed E-state index contributed by atoms with van der Waals surface area (Å²) in [5.41, 5.74) is 3.56. The number of ether oxygens (including phenoxy) is 1. The average Bonchev–Trinajstić information content (AvgIpc) is 2.39. The second-order valence-corrected chi connectivity index (χ2v) is 5.22. The molecule has 0 amide bonds. The Balaban J connectivity index is 1.86. The summed E-state index contributed by atoms with van der Waals surface area (Å²) in [4.78, 5) is 4.16. The van der Waals surface area contributed by atoms with E-state index in [0.717, 1.165) is 10.2 Å². The van der Waals surface area contributed by atoms with Crippen molar-refractivity contribution in [3.8, 4) is 0 Å². The number of halogens is 1. The summed E-state index contributed by atoms with van der Waals surface area (Å²) in [6, 6.07) is 10.6. The Labute approximate surface area is 114 Å². The van der Waals surface area contributed by atoms with Gasteiger partial charge in [-0.2, -0.15) is 0 Å². The second kappa shape index (κ2) is 5.08. The van der Waals surface area contributed by atoms with Crippen molar-refractivity contribution in [1.82, 2.24) is 4.98 Å². The lowest BCUT2D eigenvalue weighted by molar-refractivity contribution is 0.0970. The molecule has 0 saturated carbocycles. The van der Waals surface area contributed by atoms with Crippen LogP contribution in [0.25, 0.3) is 0 Å². The van der Waals surface area contributed by atoms with E-state index < -0.39 is 0 Å². The highest BCUT2D eigenvalue weighted by Crippen LogP contribution is 2.28. The number of benzene rings is 1. The van der Waals surface area contributed by atoms with Crippen LogP contribution >= 0.6 is 15.9 Å². The van der Waals surface area contributed by atoms with Crippen molar-refractivity contribution in [2.24, 2.45) is 0 Å². The standard InChI is InChI=1S/C14H13BrN2O/c15-11-5-12(7-16-6-11)17-14-9-18-8-10-3-1-2-4-13(10)14/h1-7,14,17H,8-9H2. The average molecular weight is 305 g/mol. The third kappa shape index (κ3) is 2.40. The normalized spacial score (nSPS) is 18.2. The number of nitrogens with zero attached hydrogens (tertiary/aromatic N) is 1. The molecule has 2 heterocycles. The summed E-state index contributed by atoms with van der Waals surface area (Å²) in [5.74, 6) is 0. The number of pyridine rings is 1. The fourth-order valence-corrected chi connectivity index (χ4v) is 2.56. The molecule has 0 radical (unpaired) electrons. The first-order valence-electron chi connectivity index (χ1n) is 5.85. The Morgan fingerprint density at radius 2 is 2.17 bits per heavy atom. The Bertz CT molecular complexity index is 559. The molecule has 1 aliphatic heterocycles. The van der Waals surface area contributed by atoms with Gasteiger partial charge >= 0.3 is 0 Å². The van der Waals surface area contributed by atoms with Crippen LogP contribution in [0.1, 0.15) is 17.2 Å². The number of aromatic nitrogens is 1. The zero-order valence-corrected chi connectivity index (χ0v) is 11.4. The summed E-state index contributed by atoms with van der Waals surface area (Å²) in [5, 5.41) is 3.46. The molecule has 1 N–H and O–H groups in total. The van der Waals surface area contributed by atoms with Crippen LogP contribution in [0.5, 0.6) is 0 Å². The van der Waals surface area contributed by atoms with E-state index >= 15 is 0 Å². The van der Waals surface area contributed by atoms with Gasteiger partial charge in [-0.25, -0.2) is 0 Å². The van der Waals surface area contributed by atoms with E-state index in [2.05, 4.69) is 44.4 Å². The lowest BCUT2D eigenvalue weighted by atomic mass is 9.99. The van der Waals surface area contributed by atoms with Crippen LogP contribution in [0.2, 0.25) is 0 Å². The zero-order valence-electron chi connectivity index (χ0n) is 9.77. The van der Waals surface area contributed by atoms with Gasteiger partial charge in [-0.15, -0.1) is 0 Å². The van der Waals surface area contributed by atoms with Gasteiger partial charge in [0.05, 0.1) is 31.1 Å². The highest BCUT2D eigenvalue weighted by Gasteiger charge is 2.19. The maximum atomic E-state index is 5.62. The van der Waals surface area contributed by atoms with Crippen molar-refractivity contribution in [1.29, 1.82) is 0 Å². The minimum Gasteiger partial charge on any atom is -0.375 e. The molecular formula is C14H13BrN2O. The van der Waals surface area contributed by atoms with Gasteiger partial charge in [0.25, 0.3) is 0 Å². The number of hydrogen-bond donors (Lipinski definition) is 1. The minimum absolute atomic E-state index is 0.186. The van der Waals surface area contributed by atoms with Crippen LogP contribution in [0.4, 0.5) is 5.69 Å². The second-order valence-electron chi connectivity index (χ2n) is 4.30. The Morgan fingerprint density at radius 3 is 3.06 bits per heavy atom. The predicted octanol–water partition coefficient (Wildman–Crippen LogP) is 3.53. The Hall–Kier alpha value is -1.39. The zero-order chi connectivity index (χ0) is 12.4. The van der Waals surface area contributed by atoms with Gasteiger partial charge in [0.2, 0.25) is 0 Å². The molecule has 1 aromatic carbocycles. The lowest BCUT2D eigenvalue weighted by Crippen LogP contribution is -2.23. The molecule has 1 atom stereocenters. The van der Waals surface area contributed by atoms with Gasteiger partial charge in [0.15, 0.2) is 0 Å². The molecule has 0 fully saturated rings. The molecule has 4 heteroatoms. The quantitative estimate of drug-likeness (QED) is 0.921. The summed E-state index contributed by atoms with van der Waals surface area (Å²) in [6.45, 7) is 1.38. The van der Waals surface area contributed by atoms with Gasteiger partial charge in [0, 0.05) is 10.7 Å². The Kier molecular flexibility index (Phi) is 3.30. The molecule has 0 spiro atoms. The van der Waals surface area contributed by atoms with Gasteiger partial charge in [-0.05, 0) is 33.1 Å². The van der Waals surface area contributed by atoms with Crippen LogP contribution in [0.3, 0.4) is 0 Å². The third-order valence-corrected chi connectivity index (χ3v) is 3.45. The molecule has 0 bridgehead atoms. The first-order valence-corrected chi connectivity index (χ1v) is 6.65. The first-order chi connectivity index (χ1) is 8.83. The fraction of sp³-hybridized carbons (Fsp3) is 0.214. The topological polar surface area (TPSA) is 34.2 Å². The summed E-state index contributed by atoms with van der Waals surface area (Å²) >= 11 is 3.42. The largest absolute Gasteiger partial charge is 0.375 e.